The van der Waals surface area contributed by atoms with Crippen molar-refractivity contribution in [3.8, 4) is 0 Å². The van der Waals surface area contributed by atoms with E-state index < -0.39 is 18.2 Å². The van der Waals surface area contributed by atoms with Crippen molar-refractivity contribution in [1.82, 2.24) is 0 Å². The highest BCUT2D eigenvalue weighted by molar-refractivity contribution is 6.21. The number of aliphatic hydroxyl groups is 2. The molecule has 4 nitrogen and oxygen atoms in total. The molecule has 1 aliphatic carbocycles. The Morgan fingerprint density at radius 1 is 1.00 bits per heavy atom. The Balaban J connectivity index is 1.54. The Bertz CT molecular complexity index is 823. The number of unbranched alkanes of at least 4 members (excludes halogenated alkanes) is 3. The second-order valence-corrected chi connectivity index (χ2v) is 9.62. The number of halogens is 1. The molecule has 2 unspecified atom stereocenters. The summed E-state index contributed by atoms with van der Waals surface area (Å²) in [5, 5.41) is 30.0. The normalized spacial score (nSPS) is 23.8. The van der Waals surface area contributed by atoms with Gasteiger partial charge in [0.2, 0.25) is 0 Å². The number of carboxylic acids is 1. The van der Waals surface area contributed by atoms with Crippen molar-refractivity contribution < 1.29 is 20.1 Å². The lowest BCUT2D eigenvalue weighted by Crippen LogP contribution is -2.19. The third kappa shape index (κ3) is 7.06. The number of alkyl halides is 1. The van der Waals surface area contributed by atoms with Gasteiger partial charge in [-0.05, 0) is 54.7 Å². The zero-order chi connectivity index (χ0) is 22.9. The van der Waals surface area contributed by atoms with Gasteiger partial charge in [-0.1, -0.05) is 73.9 Å². The fourth-order valence-corrected chi connectivity index (χ4v) is 5.42. The molecule has 0 bridgehead atoms. The first-order valence-corrected chi connectivity index (χ1v) is 12.2. The van der Waals surface area contributed by atoms with Crippen LogP contribution in [0.4, 0.5) is 0 Å². The van der Waals surface area contributed by atoms with Crippen LogP contribution in [0.15, 0.2) is 54.6 Å². The number of benzene rings is 2. The maximum absolute atomic E-state index is 10.7. The molecule has 2 aromatic rings. The molecule has 1 fully saturated rings. The van der Waals surface area contributed by atoms with E-state index in [1.165, 1.54) is 5.56 Å². The van der Waals surface area contributed by atoms with Gasteiger partial charge in [0.15, 0.2) is 0 Å². The number of hydrogen-bond acceptors (Lipinski definition) is 3. The highest BCUT2D eigenvalue weighted by Crippen LogP contribution is 2.45. The van der Waals surface area contributed by atoms with Gasteiger partial charge in [0.25, 0.3) is 0 Å². The Labute approximate surface area is 196 Å². The lowest BCUT2D eigenvalue weighted by atomic mass is 9.83. The molecule has 0 radical (unpaired) electrons. The number of aliphatic hydroxyl groups excluding tert-OH is 2. The molecule has 3 rings (SSSR count). The van der Waals surface area contributed by atoms with Gasteiger partial charge in [-0.15, -0.1) is 11.6 Å². The van der Waals surface area contributed by atoms with Gasteiger partial charge in [0.1, 0.15) is 0 Å². The largest absolute Gasteiger partial charge is 0.481 e. The molecule has 5 atom stereocenters. The summed E-state index contributed by atoms with van der Waals surface area (Å²) in [7, 11) is 0. The molecule has 1 aliphatic rings. The highest BCUT2D eigenvalue weighted by atomic mass is 35.5. The average molecular weight is 459 g/mol. The SMILES string of the molecule is O=C(O)CCCCCC[C@@H]1C(c2ccc(C(O)CCc3ccccc3)cc2)[C@H](O)C[C@@H]1Cl. The third-order valence-electron chi connectivity index (χ3n) is 6.74. The molecule has 174 valence electrons. The molecule has 2 aromatic carbocycles. The van der Waals surface area contributed by atoms with E-state index in [4.69, 9.17) is 16.7 Å². The molecular formula is C27H35ClO4. The van der Waals surface area contributed by atoms with Crippen LogP contribution in [0.1, 0.15) is 80.1 Å². The first kappa shape index (κ1) is 24.8. The van der Waals surface area contributed by atoms with Crippen LogP contribution < -0.4 is 0 Å². The average Bonchev–Trinajstić information content (AvgIpc) is 3.07. The molecule has 5 heteroatoms. The van der Waals surface area contributed by atoms with Crippen LogP contribution in [-0.4, -0.2) is 32.8 Å². The predicted octanol–water partition coefficient (Wildman–Crippen LogP) is 5.85. The van der Waals surface area contributed by atoms with Crippen molar-refractivity contribution in [2.45, 2.75) is 81.3 Å². The Kier molecular flexibility index (Phi) is 9.58. The van der Waals surface area contributed by atoms with Crippen LogP contribution in [0.3, 0.4) is 0 Å². The minimum Gasteiger partial charge on any atom is -0.481 e. The van der Waals surface area contributed by atoms with E-state index >= 15 is 0 Å². The van der Waals surface area contributed by atoms with Crippen LogP contribution in [0.25, 0.3) is 0 Å². The first-order chi connectivity index (χ1) is 15.5. The van der Waals surface area contributed by atoms with Crippen molar-refractivity contribution in [3.05, 3.63) is 71.3 Å². The summed E-state index contributed by atoms with van der Waals surface area (Å²) < 4.78 is 0. The van der Waals surface area contributed by atoms with Crippen LogP contribution in [0.2, 0.25) is 0 Å². The second kappa shape index (κ2) is 12.4. The molecule has 1 saturated carbocycles. The summed E-state index contributed by atoms with van der Waals surface area (Å²) in [6, 6.07) is 18.2. The zero-order valence-electron chi connectivity index (χ0n) is 18.6. The summed E-state index contributed by atoms with van der Waals surface area (Å²) >= 11 is 6.60. The van der Waals surface area contributed by atoms with Crippen LogP contribution in [0, 0.1) is 5.92 Å². The summed E-state index contributed by atoms with van der Waals surface area (Å²) in [6.45, 7) is 0. The third-order valence-corrected chi connectivity index (χ3v) is 7.24. The van der Waals surface area contributed by atoms with Crippen molar-refractivity contribution >= 4 is 17.6 Å². The summed E-state index contributed by atoms with van der Waals surface area (Å²) in [4.78, 5) is 10.6. The van der Waals surface area contributed by atoms with Gasteiger partial charge in [-0.2, -0.15) is 0 Å². The number of rotatable bonds is 12. The molecule has 32 heavy (non-hydrogen) atoms. The van der Waals surface area contributed by atoms with Crippen molar-refractivity contribution in [1.29, 1.82) is 0 Å². The van der Waals surface area contributed by atoms with Gasteiger partial charge in [0, 0.05) is 17.7 Å². The summed E-state index contributed by atoms with van der Waals surface area (Å²) in [5.74, 6) is -0.523. The molecular weight excluding hydrogens is 424 g/mol. The standard InChI is InChI=1S/C27H35ClO4/c28-23-18-25(30)27(22(23)10-6-1-2-7-11-26(31)32)21-15-13-20(14-16-21)24(29)17-12-19-8-4-3-5-9-19/h3-5,8-9,13-16,22-25,27,29-30H,1-2,6-7,10-12,17-18H2,(H,31,32)/t22-,23-,24?,25+,27?/m0/s1. The van der Waals surface area contributed by atoms with E-state index in [1.807, 2.05) is 42.5 Å². The molecule has 0 spiro atoms. The van der Waals surface area contributed by atoms with Crippen LogP contribution in [0.5, 0.6) is 0 Å². The lowest BCUT2D eigenvalue weighted by Gasteiger charge is -2.24. The highest BCUT2D eigenvalue weighted by Gasteiger charge is 2.41. The van der Waals surface area contributed by atoms with Gasteiger partial charge >= 0.3 is 5.97 Å². The predicted molar refractivity (Wildman–Crippen MR) is 128 cm³/mol. The molecule has 0 saturated heterocycles. The lowest BCUT2D eigenvalue weighted by molar-refractivity contribution is -0.137. The number of carbonyl (C=O) groups is 1. The maximum Gasteiger partial charge on any atom is 0.303 e. The van der Waals surface area contributed by atoms with E-state index in [9.17, 15) is 15.0 Å². The second-order valence-electron chi connectivity index (χ2n) is 9.06. The van der Waals surface area contributed by atoms with Crippen LogP contribution >= 0.6 is 11.6 Å². The molecule has 0 amide bonds. The monoisotopic (exact) mass is 458 g/mol. The van der Waals surface area contributed by atoms with Crippen molar-refractivity contribution in [3.63, 3.8) is 0 Å². The minimum absolute atomic E-state index is 0.00651. The number of hydrogen-bond donors (Lipinski definition) is 3. The number of carboxylic acid groups (broad SMARTS) is 1. The number of aryl methyl sites for hydroxylation is 1. The van der Waals surface area contributed by atoms with E-state index in [2.05, 4.69) is 12.1 Å². The molecule has 3 N–H and O–H groups in total. The molecule has 0 aromatic heterocycles. The molecule has 0 heterocycles. The van der Waals surface area contributed by atoms with E-state index in [0.717, 1.165) is 43.2 Å². The number of aliphatic carboxylic acids is 1. The Morgan fingerprint density at radius 3 is 2.38 bits per heavy atom. The fraction of sp³-hybridized carbons (Fsp3) is 0.519. The van der Waals surface area contributed by atoms with Gasteiger partial charge in [0.05, 0.1) is 12.2 Å². The maximum atomic E-state index is 10.7. The van der Waals surface area contributed by atoms with Gasteiger partial charge < -0.3 is 15.3 Å². The van der Waals surface area contributed by atoms with E-state index in [0.29, 0.717) is 19.3 Å². The topological polar surface area (TPSA) is 77.8 Å². The van der Waals surface area contributed by atoms with E-state index in [1.54, 1.807) is 0 Å². The van der Waals surface area contributed by atoms with Crippen molar-refractivity contribution in [2.24, 2.45) is 5.92 Å². The fourth-order valence-electron chi connectivity index (χ4n) is 4.96. The smallest absolute Gasteiger partial charge is 0.303 e. The van der Waals surface area contributed by atoms with Crippen LogP contribution in [-0.2, 0) is 11.2 Å². The minimum atomic E-state index is -0.738. The van der Waals surface area contributed by atoms with Gasteiger partial charge in [-0.3, -0.25) is 4.79 Å². The Morgan fingerprint density at radius 2 is 1.69 bits per heavy atom. The Hall–Kier alpha value is -1.88. The summed E-state index contributed by atoms with van der Waals surface area (Å²) in [5.41, 5.74) is 3.20. The van der Waals surface area contributed by atoms with Gasteiger partial charge in [-0.25, -0.2) is 0 Å². The zero-order valence-corrected chi connectivity index (χ0v) is 19.3. The van der Waals surface area contributed by atoms with E-state index in [-0.39, 0.29) is 23.6 Å². The summed E-state index contributed by atoms with van der Waals surface area (Å²) in [6.07, 6.45) is 5.89. The quantitative estimate of drug-likeness (QED) is 0.275. The molecule has 0 aliphatic heterocycles. The first-order valence-electron chi connectivity index (χ1n) is 11.8. The van der Waals surface area contributed by atoms with Crippen molar-refractivity contribution in [2.75, 3.05) is 0 Å².